The van der Waals surface area contributed by atoms with Gasteiger partial charge in [0.1, 0.15) is 5.69 Å². The van der Waals surface area contributed by atoms with E-state index in [9.17, 15) is 4.79 Å². The Kier molecular flexibility index (Phi) is 2.29. The van der Waals surface area contributed by atoms with Gasteiger partial charge in [-0.05, 0) is 17.7 Å². The molecule has 1 amide bonds. The lowest BCUT2D eigenvalue weighted by molar-refractivity contribution is 0.0922. The molecule has 0 saturated carbocycles. The van der Waals surface area contributed by atoms with E-state index < -0.39 is 0 Å². The number of hydrogen-bond donors (Lipinski definition) is 1. The molecule has 86 valence electrons. The van der Waals surface area contributed by atoms with Crippen LogP contribution in [0.4, 0.5) is 0 Å². The Balaban J connectivity index is 2.08. The Morgan fingerprint density at radius 3 is 3.00 bits per heavy atom. The molecule has 7 heteroatoms. The average Bonchev–Trinajstić information content (AvgIpc) is 2.74. The minimum atomic E-state index is -0.164. The number of nitrogens with one attached hydrogen (secondary N) is 1. The third-order valence-electron chi connectivity index (χ3n) is 2.51. The predicted octanol–water partition coefficient (Wildman–Crippen LogP) is 0.737. The molecule has 0 saturated heterocycles. The molecule has 3 heterocycles. The average molecular weight is 250 g/mol. The highest BCUT2D eigenvalue weighted by molar-refractivity contribution is 6.28. The van der Waals surface area contributed by atoms with Crippen LogP contribution in [-0.4, -0.2) is 32.0 Å². The monoisotopic (exact) mass is 249 g/mol. The van der Waals surface area contributed by atoms with Gasteiger partial charge in [0.25, 0.3) is 5.91 Å². The number of nitrogens with zero attached hydrogens (tertiary/aromatic N) is 4. The first-order chi connectivity index (χ1) is 8.24. The fraction of sp³-hybridized carbons (Fsp3) is 0.200. The number of halogens is 1. The Hall–Kier alpha value is -1.95. The van der Waals surface area contributed by atoms with Crippen LogP contribution in [0.1, 0.15) is 10.6 Å². The van der Waals surface area contributed by atoms with Crippen LogP contribution in [0.15, 0.2) is 18.5 Å². The number of hydrogen-bond acceptors (Lipinski definition) is 4. The SMILES string of the molecule is O=C1NCCn2cc(-c3ccnc(Cl)n3)nc21. The van der Waals surface area contributed by atoms with Gasteiger partial charge >= 0.3 is 0 Å². The molecule has 0 fully saturated rings. The summed E-state index contributed by atoms with van der Waals surface area (Å²) in [7, 11) is 0. The Bertz CT molecular complexity index is 594. The Morgan fingerprint density at radius 2 is 2.24 bits per heavy atom. The van der Waals surface area contributed by atoms with Crippen LogP contribution in [0.2, 0.25) is 5.28 Å². The minimum Gasteiger partial charge on any atom is -0.348 e. The van der Waals surface area contributed by atoms with Crippen molar-refractivity contribution in [3.63, 3.8) is 0 Å². The number of amides is 1. The highest BCUT2D eigenvalue weighted by atomic mass is 35.5. The van der Waals surface area contributed by atoms with Gasteiger partial charge < -0.3 is 9.88 Å². The van der Waals surface area contributed by atoms with Crippen LogP contribution < -0.4 is 5.32 Å². The topological polar surface area (TPSA) is 72.7 Å². The van der Waals surface area contributed by atoms with E-state index in [1.165, 1.54) is 0 Å². The van der Waals surface area contributed by atoms with Crippen molar-refractivity contribution in [1.29, 1.82) is 0 Å². The molecule has 0 atom stereocenters. The fourth-order valence-corrected chi connectivity index (χ4v) is 1.88. The van der Waals surface area contributed by atoms with Crippen molar-refractivity contribution >= 4 is 17.5 Å². The Morgan fingerprint density at radius 1 is 1.35 bits per heavy atom. The summed E-state index contributed by atoms with van der Waals surface area (Å²) in [5.41, 5.74) is 1.24. The van der Waals surface area contributed by atoms with E-state index in [-0.39, 0.29) is 11.2 Å². The molecule has 0 bridgehead atoms. The largest absolute Gasteiger partial charge is 0.348 e. The molecule has 0 aromatic carbocycles. The van der Waals surface area contributed by atoms with Crippen LogP contribution >= 0.6 is 11.6 Å². The summed E-state index contributed by atoms with van der Waals surface area (Å²) in [6.45, 7) is 1.33. The molecule has 1 aliphatic heterocycles. The van der Waals surface area contributed by atoms with E-state index in [4.69, 9.17) is 11.6 Å². The van der Waals surface area contributed by atoms with Crippen LogP contribution in [-0.2, 0) is 6.54 Å². The molecule has 6 nitrogen and oxygen atoms in total. The summed E-state index contributed by atoms with van der Waals surface area (Å²) in [5.74, 6) is 0.239. The number of fused-ring (bicyclic) bond motifs is 1. The fourth-order valence-electron chi connectivity index (χ4n) is 1.74. The summed E-state index contributed by atoms with van der Waals surface area (Å²) in [6.07, 6.45) is 3.36. The predicted molar refractivity (Wildman–Crippen MR) is 60.6 cm³/mol. The molecule has 0 unspecified atom stereocenters. The number of aromatic nitrogens is 4. The van der Waals surface area contributed by atoms with Crippen molar-refractivity contribution < 1.29 is 4.79 Å². The number of imidazole rings is 1. The smallest absolute Gasteiger partial charge is 0.287 e. The van der Waals surface area contributed by atoms with E-state index in [0.29, 0.717) is 30.3 Å². The highest BCUT2D eigenvalue weighted by Crippen LogP contribution is 2.18. The molecular formula is C10H8ClN5O. The maximum absolute atomic E-state index is 11.5. The number of carbonyl (C=O) groups excluding carboxylic acids is 1. The molecule has 3 rings (SSSR count). The van der Waals surface area contributed by atoms with Gasteiger partial charge in [-0.2, -0.15) is 0 Å². The lowest BCUT2D eigenvalue weighted by atomic mass is 10.3. The molecule has 1 aliphatic rings. The van der Waals surface area contributed by atoms with Gasteiger partial charge in [0.05, 0.1) is 5.69 Å². The summed E-state index contributed by atoms with van der Waals surface area (Å²) in [6, 6.07) is 1.71. The van der Waals surface area contributed by atoms with Crippen molar-refractivity contribution in [2.75, 3.05) is 6.54 Å². The van der Waals surface area contributed by atoms with Gasteiger partial charge in [0.2, 0.25) is 5.28 Å². The molecule has 0 spiro atoms. The van der Waals surface area contributed by atoms with Gasteiger partial charge in [-0.3, -0.25) is 4.79 Å². The first-order valence-corrected chi connectivity index (χ1v) is 5.46. The van der Waals surface area contributed by atoms with Crippen molar-refractivity contribution in [3.8, 4) is 11.4 Å². The zero-order chi connectivity index (χ0) is 11.8. The second-order valence-electron chi connectivity index (χ2n) is 3.61. The normalized spacial score (nSPS) is 14.3. The second-order valence-corrected chi connectivity index (χ2v) is 3.95. The zero-order valence-corrected chi connectivity index (χ0v) is 9.48. The standard InChI is InChI=1S/C10H8ClN5O/c11-10-13-2-1-6(15-10)7-5-16-4-3-12-9(17)8(16)14-7/h1-2,5H,3-4H2,(H,12,17). The van der Waals surface area contributed by atoms with Crippen LogP contribution in [0, 0.1) is 0 Å². The van der Waals surface area contributed by atoms with E-state index in [2.05, 4.69) is 20.3 Å². The summed E-state index contributed by atoms with van der Waals surface area (Å²) in [4.78, 5) is 23.7. The Labute approximate surface area is 102 Å². The van der Waals surface area contributed by atoms with Gasteiger partial charge in [0, 0.05) is 25.5 Å². The van der Waals surface area contributed by atoms with E-state index >= 15 is 0 Å². The molecule has 17 heavy (non-hydrogen) atoms. The van der Waals surface area contributed by atoms with Gasteiger partial charge in [-0.1, -0.05) is 0 Å². The third-order valence-corrected chi connectivity index (χ3v) is 2.69. The van der Waals surface area contributed by atoms with Gasteiger partial charge in [0.15, 0.2) is 5.82 Å². The molecule has 1 N–H and O–H groups in total. The molecule has 0 aliphatic carbocycles. The van der Waals surface area contributed by atoms with Gasteiger partial charge in [-0.25, -0.2) is 15.0 Å². The molecule has 2 aromatic heterocycles. The zero-order valence-electron chi connectivity index (χ0n) is 8.72. The first kappa shape index (κ1) is 10.2. The van der Waals surface area contributed by atoms with Crippen molar-refractivity contribution in [1.82, 2.24) is 24.8 Å². The number of carbonyl (C=O) groups is 1. The maximum Gasteiger partial charge on any atom is 0.287 e. The lowest BCUT2D eigenvalue weighted by Gasteiger charge is -2.13. The summed E-state index contributed by atoms with van der Waals surface area (Å²) < 4.78 is 1.81. The lowest BCUT2D eigenvalue weighted by Crippen LogP contribution is -2.35. The van der Waals surface area contributed by atoms with E-state index in [0.717, 1.165) is 0 Å². The van der Waals surface area contributed by atoms with Crippen molar-refractivity contribution in [2.24, 2.45) is 0 Å². The molecular weight excluding hydrogens is 242 g/mol. The third kappa shape index (κ3) is 1.76. The van der Waals surface area contributed by atoms with E-state index in [1.54, 1.807) is 18.5 Å². The highest BCUT2D eigenvalue weighted by Gasteiger charge is 2.20. The van der Waals surface area contributed by atoms with Gasteiger partial charge in [-0.15, -0.1) is 0 Å². The van der Waals surface area contributed by atoms with Crippen LogP contribution in [0.5, 0.6) is 0 Å². The van der Waals surface area contributed by atoms with Crippen LogP contribution in [0.3, 0.4) is 0 Å². The minimum absolute atomic E-state index is 0.164. The second kappa shape index (κ2) is 3.81. The van der Waals surface area contributed by atoms with Crippen molar-refractivity contribution in [2.45, 2.75) is 6.54 Å². The first-order valence-electron chi connectivity index (χ1n) is 5.08. The summed E-state index contributed by atoms with van der Waals surface area (Å²) in [5, 5.41) is 2.90. The number of rotatable bonds is 1. The molecule has 0 radical (unpaired) electrons. The summed E-state index contributed by atoms with van der Waals surface area (Å²) >= 11 is 5.71. The van der Waals surface area contributed by atoms with Crippen LogP contribution in [0.25, 0.3) is 11.4 Å². The quantitative estimate of drug-likeness (QED) is 0.757. The van der Waals surface area contributed by atoms with Crippen molar-refractivity contribution in [3.05, 3.63) is 29.6 Å². The molecule has 2 aromatic rings. The maximum atomic E-state index is 11.5. The van der Waals surface area contributed by atoms with E-state index in [1.807, 2.05) is 4.57 Å².